The van der Waals surface area contributed by atoms with Crippen LogP contribution in [0.25, 0.3) is 0 Å². The minimum atomic E-state index is -4.75. The molecule has 0 atom stereocenters. The Kier molecular flexibility index (Phi) is 5.15. The topological polar surface area (TPSA) is 129 Å². The van der Waals surface area contributed by atoms with Gasteiger partial charge in [0.15, 0.2) is 0 Å². The zero-order valence-electron chi connectivity index (χ0n) is 12.6. The van der Waals surface area contributed by atoms with Gasteiger partial charge in [-0.3, -0.25) is 14.9 Å². The number of nitro benzene ring substituents is 1. The number of benzene rings is 1. The summed E-state index contributed by atoms with van der Waals surface area (Å²) in [6.45, 7) is 1.57. The van der Waals surface area contributed by atoms with Gasteiger partial charge in [-0.1, -0.05) is 11.8 Å². The van der Waals surface area contributed by atoms with E-state index in [0.29, 0.717) is 23.0 Å². The van der Waals surface area contributed by atoms with E-state index < -0.39 is 22.8 Å². The SMILES string of the molecule is Cc1cc([N+](=O)[O-])ccc1NC(=O)CSc1nnc(C(F)(F)F)n1N. The maximum absolute atomic E-state index is 12.5. The Morgan fingerprint density at radius 2 is 2.12 bits per heavy atom. The van der Waals surface area contributed by atoms with Crippen LogP contribution in [-0.4, -0.2) is 31.5 Å². The summed E-state index contributed by atoms with van der Waals surface area (Å²) in [7, 11) is 0. The molecule has 0 fully saturated rings. The number of hydrogen-bond donors (Lipinski definition) is 2. The fourth-order valence-electron chi connectivity index (χ4n) is 1.79. The molecule has 3 N–H and O–H groups in total. The smallest absolute Gasteiger partial charge is 0.335 e. The number of nitro groups is 1. The maximum Gasteiger partial charge on any atom is 0.453 e. The summed E-state index contributed by atoms with van der Waals surface area (Å²) in [4.78, 5) is 22.0. The number of nitrogens with two attached hydrogens (primary N) is 1. The lowest BCUT2D eigenvalue weighted by molar-refractivity contribution is -0.384. The van der Waals surface area contributed by atoms with Crippen LogP contribution >= 0.6 is 11.8 Å². The second-order valence-corrected chi connectivity index (χ2v) is 5.71. The fourth-order valence-corrected chi connectivity index (χ4v) is 2.44. The van der Waals surface area contributed by atoms with Gasteiger partial charge in [0, 0.05) is 17.8 Å². The molecule has 2 rings (SSSR count). The number of hydrogen-bond acceptors (Lipinski definition) is 7. The lowest BCUT2D eigenvalue weighted by Crippen LogP contribution is -2.22. The van der Waals surface area contributed by atoms with Crippen LogP contribution in [0.5, 0.6) is 0 Å². The van der Waals surface area contributed by atoms with Gasteiger partial charge in [-0.05, 0) is 18.6 Å². The summed E-state index contributed by atoms with van der Waals surface area (Å²) in [5, 5.41) is 19.1. The van der Waals surface area contributed by atoms with Crippen LogP contribution in [0.4, 0.5) is 24.5 Å². The van der Waals surface area contributed by atoms with Crippen molar-refractivity contribution in [3.05, 3.63) is 39.7 Å². The summed E-state index contributed by atoms with van der Waals surface area (Å²) in [5.74, 6) is 3.06. The fraction of sp³-hybridized carbons (Fsp3) is 0.250. The van der Waals surface area contributed by atoms with Crippen molar-refractivity contribution in [3.63, 3.8) is 0 Å². The summed E-state index contributed by atoms with van der Waals surface area (Å²) >= 11 is 0.669. The van der Waals surface area contributed by atoms with E-state index in [1.54, 1.807) is 6.92 Å². The first-order valence-corrected chi connectivity index (χ1v) is 7.53. The zero-order chi connectivity index (χ0) is 18.8. The predicted molar refractivity (Wildman–Crippen MR) is 82.4 cm³/mol. The van der Waals surface area contributed by atoms with Crippen molar-refractivity contribution >= 4 is 29.0 Å². The number of thioether (sulfide) groups is 1. The van der Waals surface area contributed by atoms with Gasteiger partial charge in [-0.2, -0.15) is 13.2 Å². The summed E-state index contributed by atoms with van der Waals surface area (Å²) < 4.78 is 37.9. The van der Waals surface area contributed by atoms with E-state index >= 15 is 0 Å². The molecule has 1 heterocycles. The summed E-state index contributed by atoms with van der Waals surface area (Å²) in [6.07, 6.45) is -4.75. The summed E-state index contributed by atoms with van der Waals surface area (Å²) in [6, 6.07) is 3.87. The van der Waals surface area contributed by atoms with Crippen molar-refractivity contribution in [1.29, 1.82) is 0 Å². The van der Waals surface area contributed by atoms with E-state index in [9.17, 15) is 28.1 Å². The molecule has 9 nitrogen and oxygen atoms in total. The van der Waals surface area contributed by atoms with E-state index in [4.69, 9.17) is 5.84 Å². The van der Waals surface area contributed by atoms with Crippen LogP contribution in [0.2, 0.25) is 0 Å². The second-order valence-electron chi connectivity index (χ2n) is 4.77. The normalized spacial score (nSPS) is 11.4. The molecule has 0 spiro atoms. The van der Waals surface area contributed by atoms with E-state index in [1.807, 2.05) is 0 Å². The van der Waals surface area contributed by atoms with Crippen molar-refractivity contribution in [2.45, 2.75) is 18.3 Å². The Bertz CT molecular complexity index is 823. The van der Waals surface area contributed by atoms with E-state index in [1.165, 1.54) is 18.2 Å². The van der Waals surface area contributed by atoms with E-state index in [0.717, 1.165) is 0 Å². The number of anilines is 1. The number of aromatic nitrogens is 3. The average Bonchev–Trinajstić information content (AvgIpc) is 2.88. The lowest BCUT2D eigenvalue weighted by Gasteiger charge is -2.08. The Balaban J connectivity index is 2.00. The first-order valence-electron chi connectivity index (χ1n) is 6.55. The van der Waals surface area contributed by atoms with Crippen molar-refractivity contribution in [1.82, 2.24) is 14.9 Å². The van der Waals surface area contributed by atoms with Crippen LogP contribution in [0.3, 0.4) is 0 Å². The van der Waals surface area contributed by atoms with Gasteiger partial charge in [-0.15, -0.1) is 10.2 Å². The molecule has 13 heteroatoms. The highest BCUT2D eigenvalue weighted by atomic mass is 32.2. The molecule has 0 saturated heterocycles. The number of carbonyl (C=O) groups is 1. The third-order valence-corrected chi connectivity index (χ3v) is 3.89. The molecule has 0 unspecified atom stereocenters. The number of aryl methyl sites for hydroxylation is 1. The maximum atomic E-state index is 12.5. The molecule has 0 aliphatic rings. The molecular weight excluding hydrogens is 365 g/mol. The molecule has 0 aliphatic heterocycles. The highest BCUT2D eigenvalue weighted by molar-refractivity contribution is 7.99. The van der Waals surface area contributed by atoms with Crippen LogP contribution in [-0.2, 0) is 11.0 Å². The number of non-ortho nitro benzene ring substituents is 1. The number of alkyl halides is 3. The molecule has 0 saturated carbocycles. The Hall–Kier alpha value is -2.83. The molecule has 1 aromatic carbocycles. The number of nitrogens with zero attached hydrogens (tertiary/aromatic N) is 4. The standard InChI is InChI=1S/C12H11F3N6O3S/c1-6-4-7(21(23)24)2-3-8(6)17-9(22)5-25-11-19-18-10(20(11)16)12(13,14)15/h2-4H,5,16H2,1H3,(H,17,22). The van der Waals surface area contributed by atoms with Gasteiger partial charge >= 0.3 is 6.18 Å². The molecular formula is C12H11F3N6O3S. The minimum Gasteiger partial charge on any atom is -0.335 e. The van der Waals surface area contributed by atoms with Gasteiger partial charge in [-0.25, -0.2) is 4.68 Å². The molecule has 0 radical (unpaired) electrons. The Morgan fingerprint density at radius 3 is 2.64 bits per heavy atom. The van der Waals surface area contributed by atoms with E-state index in [-0.39, 0.29) is 21.3 Å². The first kappa shape index (κ1) is 18.5. The third kappa shape index (κ3) is 4.37. The molecule has 25 heavy (non-hydrogen) atoms. The van der Waals surface area contributed by atoms with Crippen LogP contribution in [0.15, 0.2) is 23.4 Å². The van der Waals surface area contributed by atoms with E-state index in [2.05, 4.69) is 15.5 Å². The lowest BCUT2D eigenvalue weighted by atomic mass is 10.2. The molecule has 0 aliphatic carbocycles. The van der Waals surface area contributed by atoms with Gasteiger partial charge in [0.2, 0.25) is 11.1 Å². The monoisotopic (exact) mass is 376 g/mol. The summed E-state index contributed by atoms with van der Waals surface area (Å²) in [5.41, 5.74) is 0.691. The van der Waals surface area contributed by atoms with Crippen LogP contribution in [0, 0.1) is 17.0 Å². The third-order valence-electron chi connectivity index (χ3n) is 2.95. The quantitative estimate of drug-likeness (QED) is 0.353. The molecule has 2 aromatic rings. The Morgan fingerprint density at radius 1 is 1.44 bits per heavy atom. The number of nitrogen functional groups attached to an aromatic ring is 1. The van der Waals surface area contributed by atoms with Crippen molar-refractivity contribution in [2.75, 3.05) is 16.9 Å². The van der Waals surface area contributed by atoms with Gasteiger partial charge in [0.05, 0.1) is 10.7 Å². The number of carbonyl (C=O) groups excluding carboxylic acids is 1. The Labute approximate surface area is 142 Å². The van der Waals surface area contributed by atoms with Crippen molar-refractivity contribution < 1.29 is 22.9 Å². The number of amides is 1. The second kappa shape index (κ2) is 6.96. The molecule has 134 valence electrons. The van der Waals surface area contributed by atoms with Crippen molar-refractivity contribution in [2.24, 2.45) is 0 Å². The average molecular weight is 376 g/mol. The van der Waals surface area contributed by atoms with Gasteiger partial charge < -0.3 is 11.2 Å². The molecule has 0 bridgehead atoms. The molecule has 1 amide bonds. The van der Waals surface area contributed by atoms with Gasteiger partial charge in [0.1, 0.15) is 0 Å². The number of nitrogens with one attached hydrogen (secondary N) is 1. The van der Waals surface area contributed by atoms with Gasteiger partial charge in [0.25, 0.3) is 11.5 Å². The molecule has 1 aromatic heterocycles. The number of halogens is 3. The van der Waals surface area contributed by atoms with Crippen molar-refractivity contribution in [3.8, 4) is 0 Å². The first-order chi connectivity index (χ1) is 11.6. The number of rotatable bonds is 5. The predicted octanol–water partition coefficient (Wildman–Crippen LogP) is 1.96. The zero-order valence-corrected chi connectivity index (χ0v) is 13.4. The highest BCUT2D eigenvalue weighted by Crippen LogP contribution is 2.29. The van der Waals surface area contributed by atoms with Crippen LogP contribution in [0.1, 0.15) is 11.4 Å². The van der Waals surface area contributed by atoms with Crippen LogP contribution < -0.4 is 11.2 Å². The highest BCUT2D eigenvalue weighted by Gasteiger charge is 2.38. The minimum absolute atomic E-state index is 0.124. The largest absolute Gasteiger partial charge is 0.453 e.